The van der Waals surface area contributed by atoms with Gasteiger partial charge in [-0.3, -0.25) is 0 Å². The van der Waals surface area contributed by atoms with Crippen LogP contribution in [-0.2, 0) is 4.74 Å². The fourth-order valence-electron chi connectivity index (χ4n) is 3.76. The van der Waals surface area contributed by atoms with E-state index in [1.807, 2.05) is 13.8 Å². The van der Waals surface area contributed by atoms with Gasteiger partial charge in [-0.05, 0) is 50.5 Å². The van der Waals surface area contributed by atoms with Crippen LogP contribution >= 0.6 is 0 Å². The van der Waals surface area contributed by atoms with Crippen LogP contribution in [-0.4, -0.2) is 6.10 Å². The highest BCUT2D eigenvalue weighted by atomic mass is 16.5. The number of nitrogens with zero attached hydrogens (tertiary/aromatic N) is 1. The third kappa shape index (κ3) is 3.94. The molecule has 0 amide bonds. The molecule has 2 aliphatic carbocycles. The van der Waals surface area contributed by atoms with Gasteiger partial charge in [-0.15, -0.1) is 0 Å². The molecule has 0 spiro atoms. The van der Waals surface area contributed by atoms with Crippen LogP contribution in [0.15, 0.2) is 24.0 Å². The maximum Gasteiger partial charge on any atom is 0.102 e. The van der Waals surface area contributed by atoms with Crippen LogP contribution in [0.4, 0.5) is 0 Å². The quantitative estimate of drug-likeness (QED) is 0.689. The molecule has 2 rings (SSSR count). The average molecular weight is 301 g/mol. The highest BCUT2D eigenvalue weighted by Gasteiger charge is 2.34. The van der Waals surface area contributed by atoms with Crippen LogP contribution < -0.4 is 0 Å². The SMILES string of the molecule is CC(C)[C@@H]1CC[C@@H](C)C[C@H]1OC1=CC=C[C@H](C(C)(C)C#N)C1. The van der Waals surface area contributed by atoms with Crippen molar-refractivity contribution in [3.63, 3.8) is 0 Å². The van der Waals surface area contributed by atoms with Gasteiger partial charge in [-0.1, -0.05) is 39.3 Å². The van der Waals surface area contributed by atoms with Gasteiger partial charge in [0, 0.05) is 12.3 Å². The van der Waals surface area contributed by atoms with Gasteiger partial charge in [0.1, 0.15) is 6.10 Å². The number of hydrogen-bond acceptors (Lipinski definition) is 2. The van der Waals surface area contributed by atoms with Crippen LogP contribution in [0.2, 0.25) is 0 Å². The largest absolute Gasteiger partial charge is 0.494 e. The van der Waals surface area contributed by atoms with Crippen LogP contribution in [0.25, 0.3) is 0 Å². The highest BCUT2D eigenvalue weighted by Crippen LogP contribution is 2.39. The van der Waals surface area contributed by atoms with Crippen molar-refractivity contribution in [1.29, 1.82) is 5.26 Å². The van der Waals surface area contributed by atoms with E-state index < -0.39 is 0 Å². The van der Waals surface area contributed by atoms with E-state index in [0.717, 1.165) is 24.5 Å². The summed E-state index contributed by atoms with van der Waals surface area (Å²) in [7, 11) is 0. The molecule has 0 aromatic rings. The van der Waals surface area contributed by atoms with Gasteiger partial charge in [-0.2, -0.15) is 5.26 Å². The molecule has 4 atom stereocenters. The van der Waals surface area contributed by atoms with Crippen molar-refractivity contribution in [2.45, 2.75) is 66.4 Å². The Hall–Kier alpha value is -1.23. The lowest BCUT2D eigenvalue weighted by Crippen LogP contribution is -2.34. The minimum Gasteiger partial charge on any atom is -0.494 e. The van der Waals surface area contributed by atoms with Gasteiger partial charge >= 0.3 is 0 Å². The summed E-state index contributed by atoms with van der Waals surface area (Å²) in [4.78, 5) is 0. The topological polar surface area (TPSA) is 33.0 Å². The first-order valence-corrected chi connectivity index (χ1v) is 8.78. The second kappa shape index (κ2) is 6.90. The van der Waals surface area contributed by atoms with E-state index >= 15 is 0 Å². The third-order valence-corrected chi connectivity index (χ3v) is 5.53. The van der Waals surface area contributed by atoms with Crippen LogP contribution in [0.1, 0.15) is 60.3 Å². The molecule has 1 saturated carbocycles. The normalized spacial score (nSPS) is 32.5. The molecular formula is C20H31NO. The number of hydrogen-bond donors (Lipinski definition) is 0. The van der Waals surface area contributed by atoms with Crippen molar-refractivity contribution in [1.82, 2.24) is 0 Å². The molecule has 2 aliphatic rings. The minimum absolute atomic E-state index is 0.246. The molecule has 0 radical (unpaired) electrons. The Morgan fingerprint density at radius 1 is 1.32 bits per heavy atom. The van der Waals surface area contributed by atoms with E-state index in [-0.39, 0.29) is 11.3 Å². The smallest absolute Gasteiger partial charge is 0.102 e. The van der Waals surface area contributed by atoms with Crippen molar-refractivity contribution in [2.24, 2.45) is 29.1 Å². The van der Waals surface area contributed by atoms with Crippen molar-refractivity contribution in [2.75, 3.05) is 0 Å². The van der Waals surface area contributed by atoms with E-state index in [4.69, 9.17) is 4.74 Å². The molecule has 0 heterocycles. The zero-order chi connectivity index (χ0) is 16.3. The molecule has 1 fully saturated rings. The molecule has 22 heavy (non-hydrogen) atoms. The van der Waals surface area contributed by atoms with Crippen molar-refractivity contribution in [3.8, 4) is 6.07 Å². The van der Waals surface area contributed by atoms with Gasteiger partial charge in [0.05, 0.1) is 17.2 Å². The maximum absolute atomic E-state index is 9.36. The minimum atomic E-state index is -0.337. The number of allylic oxidation sites excluding steroid dienone is 4. The van der Waals surface area contributed by atoms with Crippen LogP contribution in [0, 0.1) is 40.4 Å². The van der Waals surface area contributed by atoms with Gasteiger partial charge in [-0.25, -0.2) is 0 Å². The van der Waals surface area contributed by atoms with E-state index in [2.05, 4.69) is 45.1 Å². The first-order chi connectivity index (χ1) is 10.3. The van der Waals surface area contributed by atoms with E-state index in [1.54, 1.807) is 0 Å². The Morgan fingerprint density at radius 3 is 2.68 bits per heavy atom. The number of rotatable bonds is 4. The van der Waals surface area contributed by atoms with E-state index in [1.165, 1.54) is 12.8 Å². The van der Waals surface area contributed by atoms with E-state index in [0.29, 0.717) is 17.9 Å². The predicted octanol–water partition coefficient (Wildman–Crippen LogP) is 5.47. The molecule has 0 aliphatic heterocycles. The Bertz CT molecular complexity index is 480. The predicted molar refractivity (Wildman–Crippen MR) is 90.9 cm³/mol. The maximum atomic E-state index is 9.36. The second-order valence-corrected chi connectivity index (χ2v) is 8.14. The summed E-state index contributed by atoms with van der Waals surface area (Å²) >= 11 is 0. The van der Waals surface area contributed by atoms with Crippen molar-refractivity contribution >= 4 is 0 Å². The summed E-state index contributed by atoms with van der Waals surface area (Å²) in [5.74, 6) is 3.40. The second-order valence-electron chi connectivity index (χ2n) is 8.14. The fraction of sp³-hybridized carbons (Fsp3) is 0.750. The molecular weight excluding hydrogens is 270 g/mol. The zero-order valence-electron chi connectivity index (χ0n) is 14.8. The molecule has 2 nitrogen and oxygen atoms in total. The Kier molecular flexibility index (Phi) is 5.37. The van der Waals surface area contributed by atoms with Crippen LogP contribution in [0.3, 0.4) is 0 Å². The summed E-state index contributed by atoms with van der Waals surface area (Å²) in [6.07, 6.45) is 11.3. The average Bonchev–Trinajstić information content (AvgIpc) is 2.47. The Morgan fingerprint density at radius 2 is 2.05 bits per heavy atom. The van der Waals surface area contributed by atoms with Gasteiger partial charge < -0.3 is 4.74 Å². The molecule has 0 aromatic heterocycles. The molecule has 0 aromatic carbocycles. The van der Waals surface area contributed by atoms with Crippen LogP contribution in [0.5, 0.6) is 0 Å². The number of ether oxygens (including phenoxy) is 1. The zero-order valence-corrected chi connectivity index (χ0v) is 14.8. The van der Waals surface area contributed by atoms with Crippen molar-refractivity contribution < 1.29 is 4.74 Å². The van der Waals surface area contributed by atoms with E-state index in [9.17, 15) is 5.26 Å². The third-order valence-electron chi connectivity index (χ3n) is 5.53. The lowest BCUT2D eigenvalue weighted by atomic mass is 9.74. The Balaban J connectivity index is 2.04. The molecule has 0 bridgehead atoms. The lowest BCUT2D eigenvalue weighted by Gasteiger charge is -2.39. The highest BCUT2D eigenvalue weighted by molar-refractivity contribution is 5.20. The summed E-state index contributed by atoms with van der Waals surface area (Å²) in [5.41, 5.74) is -0.337. The first-order valence-electron chi connectivity index (χ1n) is 8.78. The standard InChI is InChI=1S/C20H31NO/c1-14(2)18-10-9-15(3)11-19(18)22-17-8-6-7-16(12-17)20(4,5)13-21/h6-8,14-16,18-19H,9-12H2,1-5H3/t15-,16+,18+,19-/m1/s1. The van der Waals surface area contributed by atoms with Crippen molar-refractivity contribution in [3.05, 3.63) is 24.0 Å². The molecule has 0 N–H and O–H groups in total. The summed E-state index contributed by atoms with van der Waals surface area (Å²) in [6.45, 7) is 11.0. The summed E-state index contributed by atoms with van der Waals surface area (Å²) < 4.78 is 6.45. The Labute approximate surface area is 136 Å². The summed E-state index contributed by atoms with van der Waals surface area (Å²) in [5, 5.41) is 9.36. The van der Waals surface area contributed by atoms with Gasteiger partial charge in [0.2, 0.25) is 0 Å². The molecule has 2 heteroatoms. The molecule has 122 valence electrons. The fourth-order valence-corrected chi connectivity index (χ4v) is 3.76. The van der Waals surface area contributed by atoms with Gasteiger partial charge in [0.15, 0.2) is 0 Å². The molecule has 0 unspecified atom stereocenters. The summed E-state index contributed by atoms with van der Waals surface area (Å²) in [6, 6.07) is 2.44. The molecule has 0 saturated heterocycles. The lowest BCUT2D eigenvalue weighted by molar-refractivity contribution is -0.00771. The van der Waals surface area contributed by atoms with Gasteiger partial charge in [0.25, 0.3) is 0 Å². The number of nitriles is 1. The first kappa shape index (κ1) is 17.1. The monoisotopic (exact) mass is 301 g/mol.